The Hall–Kier alpha value is -2.20. The summed E-state index contributed by atoms with van der Waals surface area (Å²) in [6.45, 7) is 0.291. The summed E-state index contributed by atoms with van der Waals surface area (Å²) in [5, 5.41) is 0.544. The molecule has 21 heavy (non-hydrogen) atoms. The van der Waals surface area contributed by atoms with Crippen molar-refractivity contribution in [1.82, 2.24) is 0 Å². The number of rotatable bonds is 1. The van der Waals surface area contributed by atoms with Gasteiger partial charge in [0.1, 0.15) is 5.82 Å². The smallest absolute Gasteiger partial charge is 0.258 e. The molecule has 0 saturated heterocycles. The summed E-state index contributed by atoms with van der Waals surface area (Å²) in [7, 11) is 0. The van der Waals surface area contributed by atoms with E-state index in [0.29, 0.717) is 22.8 Å². The van der Waals surface area contributed by atoms with Crippen molar-refractivity contribution in [1.29, 1.82) is 0 Å². The van der Waals surface area contributed by atoms with Gasteiger partial charge in [-0.05, 0) is 42.5 Å². The van der Waals surface area contributed by atoms with Gasteiger partial charge < -0.3 is 4.90 Å². The van der Waals surface area contributed by atoms with Crippen LogP contribution in [-0.2, 0) is 0 Å². The lowest BCUT2D eigenvalue weighted by Gasteiger charge is -2.28. The third kappa shape index (κ3) is 2.54. The highest BCUT2D eigenvalue weighted by molar-refractivity contribution is 6.30. The fourth-order valence-electron chi connectivity index (χ4n) is 2.39. The van der Waals surface area contributed by atoms with Gasteiger partial charge in [0.25, 0.3) is 5.91 Å². The minimum absolute atomic E-state index is 0.148. The van der Waals surface area contributed by atoms with E-state index in [9.17, 15) is 14.0 Å². The second-order valence-electron chi connectivity index (χ2n) is 4.80. The normalized spacial score (nSPS) is 14.0. The number of ketones is 1. The monoisotopic (exact) mass is 303 g/mol. The zero-order valence-electron chi connectivity index (χ0n) is 11.0. The van der Waals surface area contributed by atoms with Crippen LogP contribution in [-0.4, -0.2) is 18.2 Å². The summed E-state index contributed by atoms with van der Waals surface area (Å²) in [5.74, 6) is -0.862. The van der Waals surface area contributed by atoms with Gasteiger partial charge >= 0.3 is 0 Å². The van der Waals surface area contributed by atoms with Gasteiger partial charge in [0, 0.05) is 29.1 Å². The van der Waals surface area contributed by atoms with Crippen molar-refractivity contribution in [3.8, 4) is 0 Å². The Labute approximate surface area is 125 Å². The Morgan fingerprint density at radius 2 is 1.86 bits per heavy atom. The maximum Gasteiger partial charge on any atom is 0.258 e. The standard InChI is InChI=1S/C16H11ClFNO2/c17-11-3-1-10(2-4-11)16(21)19-8-7-15(20)13-9-12(18)5-6-14(13)19/h1-6,9H,7-8H2. The SMILES string of the molecule is O=C1CCN(C(=O)c2ccc(Cl)cc2)c2ccc(F)cc21. The molecule has 3 nitrogen and oxygen atoms in total. The van der Waals surface area contributed by atoms with Gasteiger partial charge in [-0.2, -0.15) is 0 Å². The Balaban J connectivity index is 2.01. The predicted molar refractivity (Wildman–Crippen MR) is 78.5 cm³/mol. The van der Waals surface area contributed by atoms with E-state index in [1.165, 1.54) is 23.1 Å². The average molecular weight is 304 g/mol. The zero-order valence-corrected chi connectivity index (χ0v) is 11.7. The van der Waals surface area contributed by atoms with Crippen molar-refractivity contribution in [2.45, 2.75) is 6.42 Å². The van der Waals surface area contributed by atoms with E-state index in [0.717, 1.165) is 0 Å². The van der Waals surface area contributed by atoms with E-state index in [2.05, 4.69) is 0 Å². The van der Waals surface area contributed by atoms with E-state index in [1.54, 1.807) is 24.3 Å². The van der Waals surface area contributed by atoms with E-state index >= 15 is 0 Å². The molecule has 1 aliphatic heterocycles. The molecule has 1 amide bonds. The highest BCUT2D eigenvalue weighted by Gasteiger charge is 2.28. The van der Waals surface area contributed by atoms with Crippen LogP contribution in [0.1, 0.15) is 27.1 Å². The van der Waals surface area contributed by atoms with Crippen molar-refractivity contribution < 1.29 is 14.0 Å². The topological polar surface area (TPSA) is 37.4 Å². The fraction of sp³-hybridized carbons (Fsp3) is 0.125. The van der Waals surface area contributed by atoms with Gasteiger partial charge in [-0.15, -0.1) is 0 Å². The third-order valence-electron chi connectivity index (χ3n) is 3.45. The van der Waals surface area contributed by atoms with Gasteiger partial charge in [0.2, 0.25) is 0 Å². The van der Waals surface area contributed by atoms with Crippen LogP contribution < -0.4 is 4.90 Å². The van der Waals surface area contributed by atoms with Crippen LogP contribution >= 0.6 is 11.6 Å². The maximum atomic E-state index is 13.3. The first-order valence-electron chi connectivity index (χ1n) is 6.46. The number of hydrogen-bond donors (Lipinski definition) is 0. The molecule has 0 radical (unpaired) electrons. The van der Waals surface area contributed by atoms with Gasteiger partial charge in [-0.25, -0.2) is 4.39 Å². The Morgan fingerprint density at radius 1 is 1.14 bits per heavy atom. The molecular weight excluding hydrogens is 293 g/mol. The number of amides is 1. The minimum Gasteiger partial charge on any atom is -0.307 e. The van der Waals surface area contributed by atoms with Crippen LogP contribution in [0.3, 0.4) is 0 Å². The molecule has 0 aromatic heterocycles. The van der Waals surface area contributed by atoms with E-state index < -0.39 is 5.82 Å². The van der Waals surface area contributed by atoms with Crippen LogP contribution in [0.25, 0.3) is 0 Å². The van der Waals surface area contributed by atoms with Gasteiger partial charge in [-0.3, -0.25) is 9.59 Å². The van der Waals surface area contributed by atoms with Crippen LogP contribution in [0.4, 0.5) is 10.1 Å². The van der Waals surface area contributed by atoms with Crippen LogP contribution in [0, 0.1) is 5.82 Å². The minimum atomic E-state index is -0.483. The lowest BCUT2D eigenvalue weighted by Crippen LogP contribution is -2.37. The lowest BCUT2D eigenvalue weighted by atomic mass is 9.99. The first-order valence-corrected chi connectivity index (χ1v) is 6.84. The number of fused-ring (bicyclic) bond motifs is 1. The molecule has 0 N–H and O–H groups in total. The molecule has 0 bridgehead atoms. The average Bonchev–Trinajstić information content (AvgIpc) is 2.48. The Kier molecular flexibility index (Phi) is 3.47. The van der Waals surface area contributed by atoms with E-state index in [1.807, 2.05) is 0 Å². The first-order chi connectivity index (χ1) is 10.1. The number of anilines is 1. The molecule has 2 aromatic rings. The largest absolute Gasteiger partial charge is 0.307 e. The number of Topliss-reactive ketones (excluding diaryl/α,β-unsaturated/α-hetero) is 1. The zero-order chi connectivity index (χ0) is 15.0. The highest BCUT2D eigenvalue weighted by Crippen LogP contribution is 2.29. The van der Waals surface area contributed by atoms with Gasteiger partial charge in [-0.1, -0.05) is 11.6 Å². The number of carbonyl (C=O) groups is 2. The molecule has 2 aromatic carbocycles. The van der Waals surface area contributed by atoms with E-state index in [4.69, 9.17) is 11.6 Å². The molecule has 1 heterocycles. The second kappa shape index (κ2) is 5.30. The molecule has 0 fully saturated rings. The molecule has 3 rings (SSSR count). The summed E-state index contributed by atoms with van der Waals surface area (Å²) in [6, 6.07) is 10.4. The Bertz CT molecular complexity index is 728. The number of halogens is 2. The van der Waals surface area contributed by atoms with E-state index in [-0.39, 0.29) is 23.7 Å². The fourth-order valence-corrected chi connectivity index (χ4v) is 2.52. The molecular formula is C16H11ClFNO2. The second-order valence-corrected chi connectivity index (χ2v) is 5.23. The molecule has 106 valence electrons. The van der Waals surface area contributed by atoms with Crippen molar-refractivity contribution >= 4 is 29.0 Å². The summed E-state index contributed by atoms with van der Waals surface area (Å²) in [6.07, 6.45) is 0.190. The lowest BCUT2D eigenvalue weighted by molar-refractivity contribution is 0.0954. The van der Waals surface area contributed by atoms with Crippen LogP contribution in [0.5, 0.6) is 0 Å². The van der Waals surface area contributed by atoms with Crippen molar-refractivity contribution in [3.63, 3.8) is 0 Å². The Morgan fingerprint density at radius 3 is 2.57 bits per heavy atom. The number of carbonyl (C=O) groups excluding carboxylic acids is 2. The van der Waals surface area contributed by atoms with Gasteiger partial charge in [0.15, 0.2) is 5.78 Å². The molecule has 0 spiro atoms. The molecule has 0 atom stereocenters. The quantitative estimate of drug-likeness (QED) is 0.805. The number of nitrogens with zero attached hydrogens (tertiary/aromatic N) is 1. The highest BCUT2D eigenvalue weighted by atomic mass is 35.5. The summed E-state index contributed by atoms with van der Waals surface area (Å²) in [4.78, 5) is 25.9. The summed E-state index contributed by atoms with van der Waals surface area (Å²) >= 11 is 5.81. The molecule has 1 aliphatic rings. The van der Waals surface area contributed by atoms with Crippen molar-refractivity contribution in [2.75, 3.05) is 11.4 Å². The maximum absolute atomic E-state index is 13.3. The molecule has 0 saturated carbocycles. The van der Waals surface area contributed by atoms with Crippen LogP contribution in [0.2, 0.25) is 5.02 Å². The third-order valence-corrected chi connectivity index (χ3v) is 3.70. The summed E-state index contributed by atoms with van der Waals surface area (Å²) in [5.41, 5.74) is 1.18. The van der Waals surface area contributed by atoms with Crippen LogP contribution in [0.15, 0.2) is 42.5 Å². The van der Waals surface area contributed by atoms with Crippen molar-refractivity contribution in [2.24, 2.45) is 0 Å². The first kappa shape index (κ1) is 13.8. The predicted octanol–water partition coefficient (Wildman–Crippen LogP) is 3.71. The summed E-state index contributed by atoms with van der Waals surface area (Å²) < 4.78 is 13.3. The number of benzene rings is 2. The molecule has 0 unspecified atom stereocenters. The molecule has 5 heteroatoms. The molecule has 0 aliphatic carbocycles. The number of hydrogen-bond acceptors (Lipinski definition) is 2. The van der Waals surface area contributed by atoms with Gasteiger partial charge in [0.05, 0.1) is 5.69 Å². The van der Waals surface area contributed by atoms with Crippen molar-refractivity contribution in [3.05, 3.63) is 64.4 Å².